The smallest absolute Gasteiger partial charge is 0.351 e. The van der Waals surface area contributed by atoms with Crippen molar-refractivity contribution in [3.05, 3.63) is 22.7 Å². The number of nitrogens with zero attached hydrogens (tertiary/aromatic N) is 2. The van der Waals surface area contributed by atoms with E-state index in [1.54, 1.807) is 0 Å². The van der Waals surface area contributed by atoms with E-state index in [-0.39, 0.29) is 5.82 Å². The molecular formula is C9H14N4O5. The zero-order valence-electron chi connectivity index (χ0n) is 9.30. The third-order valence-electron chi connectivity index (χ3n) is 2.83. The van der Waals surface area contributed by atoms with Crippen LogP contribution in [0.25, 0.3) is 0 Å². The zero-order chi connectivity index (χ0) is 13.3. The Kier molecular flexibility index (Phi) is 3.59. The SMILES string of the molecule is Nc1ccn([C@@H]2O[C@H](CO)[C@@H](NO)[C@H]2O)c(=O)n1. The second-order valence-corrected chi connectivity index (χ2v) is 3.94. The molecule has 1 fully saturated rings. The van der Waals surface area contributed by atoms with Crippen LogP contribution < -0.4 is 16.9 Å². The van der Waals surface area contributed by atoms with Gasteiger partial charge in [0.15, 0.2) is 6.23 Å². The summed E-state index contributed by atoms with van der Waals surface area (Å²) in [5.41, 5.74) is 6.51. The first-order chi connectivity index (χ1) is 8.58. The number of hydrogen-bond donors (Lipinski definition) is 5. The highest BCUT2D eigenvalue weighted by Crippen LogP contribution is 2.27. The molecule has 6 N–H and O–H groups in total. The molecule has 9 heteroatoms. The summed E-state index contributed by atoms with van der Waals surface area (Å²) in [4.78, 5) is 15.1. The van der Waals surface area contributed by atoms with Gasteiger partial charge >= 0.3 is 5.69 Å². The minimum absolute atomic E-state index is 0.0549. The van der Waals surface area contributed by atoms with E-state index in [1.807, 2.05) is 5.48 Å². The van der Waals surface area contributed by atoms with E-state index < -0.39 is 36.8 Å². The first kappa shape index (κ1) is 12.9. The minimum Gasteiger partial charge on any atom is -0.394 e. The summed E-state index contributed by atoms with van der Waals surface area (Å²) in [5.74, 6) is 0.0549. The summed E-state index contributed by atoms with van der Waals surface area (Å²) >= 11 is 0. The van der Waals surface area contributed by atoms with Gasteiger partial charge in [-0.3, -0.25) is 4.57 Å². The van der Waals surface area contributed by atoms with Crippen LogP contribution in [0.4, 0.5) is 5.82 Å². The van der Waals surface area contributed by atoms with Crippen LogP contribution in [0.2, 0.25) is 0 Å². The molecule has 0 radical (unpaired) electrons. The highest BCUT2D eigenvalue weighted by Gasteiger charge is 2.44. The topological polar surface area (TPSA) is 143 Å². The van der Waals surface area contributed by atoms with Crippen molar-refractivity contribution in [1.82, 2.24) is 15.0 Å². The van der Waals surface area contributed by atoms with Crippen LogP contribution in [0, 0.1) is 0 Å². The van der Waals surface area contributed by atoms with Crippen molar-refractivity contribution < 1.29 is 20.2 Å². The highest BCUT2D eigenvalue weighted by atomic mass is 16.6. The van der Waals surface area contributed by atoms with Gasteiger partial charge in [-0.2, -0.15) is 10.5 Å². The molecule has 0 aromatic carbocycles. The molecule has 2 heterocycles. The summed E-state index contributed by atoms with van der Waals surface area (Å²) in [7, 11) is 0. The van der Waals surface area contributed by atoms with Gasteiger partial charge in [-0.1, -0.05) is 0 Å². The summed E-state index contributed by atoms with van der Waals surface area (Å²) < 4.78 is 6.34. The second kappa shape index (κ2) is 5.00. The largest absolute Gasteiger partial charge is 0.394 e. The Labute approximate surface area is 101 Å². The van der Waals surface area contributed by atoms with Crippen molar-refractivity contribution in [2.45, 2.75) is 24.5 Å². The molecular weight excluding hydrogens is 244 g/mol. The van der Waals surface area contributed by atoms with Crippen molar-refractivity contribution in [2.75, 3.05) is 12.3 Å². The first-order valence-corrected chi connectivity index (χ1v) is 5.27. The lowest BCUT2D eigenvalue weighted by Crippen LogP contribution is -2.44. The maximum absolute atomic E-state index is 11.6. The summed E-state index contributed by atoms with van der Waals surface area (Å²) in [6.45, 7) is -0.414. The van der Waals surface area contributed by atoms with E-state index in [0.29, 0.717) is 0 Å². The maximum Gasteiger partial charge on any atom is 0.351 e. The van der Waals surface area contributed by atoms with Gasteiger partial charge in [0.1, 0.15) is 18.0 Å². The molecule has 100 valence electrons. The fourth-order valence-electron chi connectivity index (χ4n) is 1.91. The average Bonchev–Trinajstić information content (AvgIpc) is 2.66. The number of nitrogens with two attached hydrogens (primary N) is 1. The second-order valence-electron chi connectivity index (χ2n) is 3.94. The molecule has 4 atom stereocenters. The molecule has 0 saturated carbocycles. The Bertz CT molecular complexity index is 478. The Morgan fingerprint density at radius 3 is 2.83 bits per heavy atom. The molecule has 1 aromatic rings. The number of hydroxylamine groups is 1. The summed E-state index contributed by atoms with van der Waals surface area (Å²) in [5, 5.41) is 27.9. The third kappa shape index (κ3) is 2.09. The van der Waals surface area contributed by atoms with Crippen molar-refractivity contribution in [2.24, 2.45) is 0 Å². The van der Waals surface area contributed by atoms with Crippen LogP contribution in [-0.2, 0) is 4.74 Å². The Hall–Kier alpha value is -1.52. The lowest BCUT2D eigenvalue weighted by atomic mass is 10.1. The Balaban J connectivity index is 2.32. The van der Waals surface area contributed by atoms with E-state index in [2.05, 4.69) is 4.98 Å². The molecule has 18 heavy (non-hydrogen) atoms. The van der Waals surface area contributed by atoms with Crippen LogP contribution in [0.5, 0.6) is 0 Å². The molecule has 0 unspecified atom stereocenters. The molecule has 0 spiro atoms. The number of ether oxygens (including phenoxy) is 1. The monoisotopic (exact) mass is 258 g/mol. The molecule has 2 rings (SSSR count). The van der Waals surface area contributed by atoms with E-state index in [0.717, 1.165) is 4.57 Å². The number of rotatable bonds is 3. The number of nitrogen functional groups attached to an aromatic ring is 1. The van der Waals surface area contributed by atoms with Gasteiger partial charge in [-0.15, -0.1) is 0 Å². The average molecular weight is 258 g/mol. The van der Waals surface area contributed by atoms with Gasteiger partial charge in [0.05, 0.1) is 12.6 Å². The van der Waals surface area contributed by atoms with Crippen molar-refractivity contribution in [1.29, 1.82) is 0 Å². The lowest BCUT2D eigenvalue weighted by Gasteiger charge is -2.18. The van der Waals surface area contributed by atoms with Crippen LogP contribution in [0.3, 0.4) is 0 Å². The first-order valence-electron chi connectivity index (χ1n) is 5.27. The molecule has 1 aliphatic heterocycles. The van der Waals surface area contributed by atoms with Crippen molar-refractivity contribution in [3.63, 3.8) is 0 Å². The third-order valence-corrected chi connectivity index (χ3v) is 2.83. The number of aromatic nitrogens is 2. The van der Waals surface area contributed by atoms with Crippen LogP contribution >= 0.6 is 0 Å². The van der Waals surface area contributed by atoms with E-state index in [1.165, 1.54) is 12.3 Å². The molecule has 1 aromatic heterocycles. The van der Waals surface area contributed by atoms with Gasteiger partial charge in [0.25, 0.3) is 0 Å². The predicted octanol–water partition coefficient (Wildman–Crippen LogP) is -2.58. The number of aliphatic hydroxyl groups excluding tert-OH is 2. The maximum atomic E-state index is 11.6. The summed E-state index contributed by atoms with van der Waals surface area (Å²) in [6.07, 6.45) is -1.77. The van der Waals surface area contributed by atoms with Crippen LogP contribution in [-0.4, -0.2) is 49.8 Å². The highest BCUT2D eigenvalue weighted by molar-refractivity contribution is 5.23. The number of aliphatic hydroxyl groups is 2. The van der Waals surface area contributed by atoms with Crippen molar-refractivity contribution >= 4 is 5.82 Å². The van der Waals surface area contributed by atoms with Crippen molar-refractivity contribution in [3.8, 4) is 0 Å². The zero-order valence-corrected chi connectivity index (χ0v) is 9.30. The molecule has 9 nitrogen and oxygen atoms in total. The Morgan fingerprint density at radius 2 is 2.33 bits per heavy atom. The molecule has 1 aliphatic rings. The van der Waals surface area contributed by atoms with Gasteiger partial charge in [-0.05, 0) is 6.07 Å². The van der Waals surface area contributed by atoms with Gasteiger partial charge < -0.3 is 25.9 Å². The Morgan fingerprint density at radius 1 is 1.61 bits per heavy atom. The van der Waals surface area contributed by atoms with E-state index >= 15 is 0 Å². The number of anilines is 1. The fraction of sp³-hybridized carbons (Fsp3) is 0.556. The van der Waals surface area contributed by atoms with Gasteiger partial charge in [-0.25, -0.2) is 4.79 Å². The molecule has 1 saturated heterocycles. The standard InChI is InChI=1S/C9H14N4O5/c10-5-1-2-13(9(16)11-5)8-7(15)6(12-17)4(3-14)18-8/h1-2,4,6-8,12,14-15,17H,3H2,(H2,10,11,16)/t4-,6-,7-,8-/m1/s1. The number of nitrogens with one attached hydrogen (secondary N) is 1. The normalized spacial score (nSPS) is 31.7. The molecule has 0 amide bonds. The van der Waals surface area contributed by atoms with E-state index in [9.17, 15) is 9.90 Å². The minimum atomic E-state index is -1.21. The summed E-state index contributed by atoms with van der Waals surface area (Å²) in [6, 6.07) is 0.481. The predicted molar refractivity (Wildman–Crippen MR) is 58.6 cm³/mol. The number of hydrogen-bond acceptors (Lipinski definition) is 8. The molecule has 0 aliphatic carbocycles. The van der Waals surface area contributed by atoms with Gasteiger partial charge in [0, 0.05) is 6.20 Å². The lowest BCUT2D eigenvalue weighted by molar-refractivity contribution is -0.0538. The fourth-order valence-corrected chi connectivity index (χ4v) is 1.91. The van der Waals surface area contributed by atoms with Gasteiger partial charge in [0.2, 0.25) is 0 Å². The molecule has 0 bridgehead atoms. The van der Waals surface area contributed by atoms with Crippen LogP contribution in [0.15, 0.2) is 17.1 Å². The van der Waals surface area contributed by atoms with Crippen LogP contribution in [0.1, 0.15) is 6.23 Å². The van der Waals surface area contributed by atoms with E-state index in [4.69, 9.17) is 20.8 Å². The quantitative estimate of drug-likeness (QED) is 0.372.